The zero-order chi connectivity index (χ0) is 15.8. The highest BCUT2D eigenvalue weighted by Crippen LogP contribution is 2.35. The summed E-state index contributed by atoms with van der Waals surface area (Å²) in [5.41, 5.74) is 5.30. The van der Waals surface area contributed by atoms with Gasteiger partial charge in [0, 0.05) is 5.69 Å². The van der Waals surface area contributed by atoms with Crippen molar-refractivity contribution in [2.24, 2.45) is 10.7 Å². The number of aliphatic imine (C=N–C) groups is 1. The molecule has 0 saturated carbocycles. The number of halogens is 4. The average molecular weight is 344 g/mol. The van der Waals surface area contributed by atoms with Gasteiger partial charge >= 0.3 is 5.51 Å². The van der Waals surface area contributed by atoms with Crippen LogP contribution in [0.25, 0.3) is 0 Å². The van der Waals surface area contributed by atoms with E-state index in [-0.39, 0.29) is 11.6 Å². The third-order valence-corrected chi connectivity index (χ3v) is 4.40. The predicted molar refractivity (Wildman–Crippen MR) is 70.0 cm³/mol. The fourth-order valence-corrected chi connectivity index (χ4v) is 2.80. The van der Waals surface area contributed by atoms with Gasteiger partial charge in [0.05, 0.1) is 9.92 Å². The number of nitrogens with one attached hydrogen (secondary N) is 3. The standard InChI is InChI=1S/C9H9ClF3N5O2S/c10-5-3-4(15-8-16-7(14)17-18-8)1-2-6(5)21(19,20)9(11,12)13/h1-3,8,15,18H,(H3,14,16,17). The molecular weight excluding hydrogens is 335 g/mol. The zero-order valence-corrected chi connectivity index (χ0v) is 11.6. The van der Waals surface area contributed by atoms with E-state index < -0.39 is 31.6 Å². The van der Waals surface area contributed by atoms with E-state index in [1.54, 1.807) is 0 Å². The van der Waals surface area contributed by atoms with Crippen LogP contribution < -0.4 is 21.9 Å². The van der Waals surface area contributed by atoms with Crippen molar-refractivity contribution in [2.75, 3.05) is 5.32 Å². The number of guanidine groups is 1. The minimum Gasteiger partial charge on any atom is -0.369 e. The summed E-state index contributed by atoms with van der Waals surface area (Å²) in [6.45, 7) is 0. The van der Waals surface area contributed by atoms with E-state index in [0.717, 1.165) is 18.2 Å². The molecule has 1 aromatic carbocycles. The number of benzene rings is 1. The number of sulfone groups is 1. The molecule has 0 saturated heterocycles. The summed E-state index contributed by atoms with van der Waals surface area (Å²) in [6.07, 6.45) is -0.661. The van der Waals surface area contributed by atoms with Gasteiger partial charge in [0.1, 0.15) is 0 Å². The molecule has 0 bridgehead atoms. The molecule has 0 aromatic heterocycles. The Hall–Kier alpha value is -1.72. The van der Waals surface area contributed by atoms with E-state index in [1.165, 1.54) is 0 Å². The molecule has 116 valence electrons. The lowest BCUT2D eigenvalue weighted by Gasteiger charge is -2.14. The van der Waals surface area contributed by atoms with Crippen LogP contribution >= 0.6 is 11.6 Å². The molecule has 1 heterocycles. The first-order chi connectivity index (χ1) is 9.61. The van der Waals surface area contributed by atoms with Gasteiger partial charge in [-0.05, 0) is 18.2 Å². The number of hydrogen-bond acceptors (Lipinski definition) is 7. The molecule has 1 aliphatic rings. The predicted octanol–water partition coefficient (Wildman–Crippen LogP) is 0.752. The summed E-state index contributed by atoms with van der Waals surface area (Å²) in [6, 6.07) is 2.95. The van der Waals surface area contributed by atoms with Gasteiger partial charge in [-0.1, -0.05) is 11.6 Å². The molecule has 0 amide bonds. The molecule has 21 heavy (non-hydrogen) atoms. The summed E-state index contributed by atoms with van der Waals surface area (Å²) in [5.74, 6) is 0.120. The zero-order valence-electron chi connectivity index (χ0n) is 10.1. The Kier molecular flexibility index (Phi) is 3.91. The second kappa shape index (κ2) is 5.24. The van der Waals surface area contributed by atoms with E-state index in [4.69, 9.17) is 17.3 Å². The summed E-state index contributed by atoms with van der Waals surface area (Å²) >= 11 is 5.62. The van der Waals surface area contributed by atoms with Crippen molar-refractivity contribution in [1.29, 1.82) is 0 Å². The number of anilines is 1. The van der Waals surface area contributed by atoms with Gasteiger partial charge in [-0.15, -0.1) is 0 Å². The van der Waals surface area contributed by atoms with E-state index in [2.05, 4.69) is 21.2 Å². The van der Waals surface area contributed by atoms with Gasteiger partial charge in [0.2, 0.25) is 5.96 Å². The van der Waals surface area contributed by atoms with Crippen molar-refractivity contribution in [2.45, 2.75) is 16.7 Å². The Morgan fingerprint density at radius 3 is 2.52 bits per heavy atom. The summed E-state index contributed by atoms with van der Waals surface area (Å²) < 4.78 is 59.9. The third-order valence-electron chi connectivity index (χ3n) is 2.43. The van der Waals surface area contributed by atoms with Crippen molar-refractivity contribution in [1.82, 2.24) is 10.9 Å². The largest absolute Gasteiger partial charge is 0.501 e. The maximum absolute atomic E-state index is 12.5. The van der Waals surface area contributed by atoms with Crippen LogP contribution in [0.15, 0.2) is 28.1 Å². The van der Waals surface area contributed by atoms with E-state index in [9.17, 15) is 21.6 Å². The summed E-state index contributed by atoms with van der Waals surface area (Å²) in [5, 5.41) is 2.17. The van der Waals surface area contributed by atoms with Crippen LogP contribution in [0.2, 0.25) is 5.02 Å². The second-order valence-electron chi connectivity index (χ2n) is 3.92. The average Bonchev–Trinajstić information content (AvgIpc) is 2.73. The first-order valence-electron chi connectivity index (χ1n) is 5.33. The Labute approximate surface area is 122 Å². The molecular formula is C9H9ClF3N5O2S. The maximum Gasteiger partial charge on any atom is 0.501 e. The lowest BCUT2D eigenvalue weighted by molar-refractivity contribution is -0.0435. The number of alkyl halides is 3. The normalized spacial score (nSPS) is 19.0. The fourth-order valence-electron chi connectivity index (χ4n) is 1.51. The van der Waals surface area contributed by atoms with Gasteiger partial charge in [-0.2, -0.15) is 18.6 Å². The second-order valence-corrected chi connectivity index (χ2v) is 6.24. The highest BCUT2D eigenvalue weighted by atomic mass is 35.5. The molecule has 0 fully saturated rings. The Balaban J connectivity index is 2.26. The number of nitrogens with two attached hydrogens (primary N) is 1. The molecule has 1 atom stereocenters. The van der Waals surface area contributed by atoms with Crippen LogP contribution in [0.4, 0.5) is 18.9 Å². The van der Waals surface area contributed by atoms with Gasteiger partial charge in [0.15, 0.2) is 6.29 Å². The molecule has 0 radical (unpaired) electrons. The number of rotatable bonds is 3. The Morgan fingerprint density at radius 2 is 2.05 bits per heavy atom. The molecule has 1 aliphatic heterocycles. The lowest BCUT2D eigenvalue weighted by Crippen LogP contribution is -2.40. The van der Waals surface area contributed by atoms with Crippen LogP contribution in [-0.4, -0.2) is 26.2 Å². The van der Waals surface area contributed by atoms with Crippen LogP contribution in [0.5, 0.6) is 0 Å². The highest BCUT2D eigenvalue weighted by Gasteiger charge is 2.47. The summed E-state index contributed by atoms with van der Waals surface area (Å²) in [7, 11) is -5.50. The Morgan fingerprint density at radius 1 is 1.38 bits per heavy atom. The van der Waals surface area contributed by atoms with Gasteiger partial charge in [-0.3, -0.25) is 5.43 Å². The van der Waals surface area contributed by atoms with Crippen LogP contribution in [0, 0.1) is 0 Å². The van der Waals surface area contributed by atoms with E-state index in [0.29, 0.717) is 0 Å². The van der Waals surface area contributed by atoms with Crippen LogP contribution in [0.1, 0.15) is 0 Å². The molecule has 5 N–H and O–H groups in total. The van der Waals surface area contributed by atoms with Crippen LogP contribution in [-0.2, 0) is 9.84 Å². The maximum atomic E-state index is 12.5. The van der Waals surface area contributed by atoms with Gasteiger partial charge < -0.3 is 11.1 Å². The van der Waals surface area contributed by atoms with Crippen molar-refractivity contribution in [3.63, 3.8) is 0 Å². The first kappa shape index (κ1) is 15.7. The quantitative estimate of drug-likeness (QED) is 0.645. The minimum atomic E-state index is -5.50. The molecule has 2 rings (SSSR count). The van der Waals surface area contributed by atoms with Crippen LogP contribution in [0.3, 0.4) is 0 Å². The number of hydrogen-bond donors (Lipinski definition) is 4. The van der Waals surface area contributed by atoms with Crippen molar-refractivity contribution in [3.05, 3.63) is 23.2 Å². The lowest BCUT2D eigenvalue weighted by atomic mass is 10.3. The summed E-state index contributed by atoms with van der Waals surface area (Å²) in [4.78, 5) is 2.83. The SMILES string of the molecule is NC1=NC(Nc2ccc(S(=O)(=O)C(F)(F)F)c(Cl)c2)NN1. The van der Waals surface area contributed by atoms with E-state index >= 15 is 0 Å². The molecule has 7 nitrogen and oxygen atoms in total. The molecule has 0 spiro atoms. The van der Waals surface area contributed by atoms with Crippen molar-refractivity contribution < 1.29 is 21.6 Å². The monoisotopic (exact) mass is 343 g/mol. The van der Waals surface area contributed by atoms with Gasteiger partial charge in [0.25, 0.3) is 9.84 Å². The minimum absolute atomic E-state index is 0.120. The number of hydrazine groups is 1. The third kappa shape index (κ3) is 3.14. The van der Waals surface area contributed by atoms with Gasteiger partial charge in [-0.25, -0.2) is 13.4 Å². The number of nitrogens with zero attached hydrogens (tertiary/aromatic N) is 1. The van der Waals surface area contributed by atoms with Crippen molar-refractivity contribution >= 4 is 33.1 Å². The van der Waals surface area contributed by atoms with E-state index in [1.807, 2.05) is 0 Å². The molecule has 0 aliphatic carbocycles. The molecule has 1 unspecified atom stereocenters. The topological polar surface area (TPSA) is 109 Å². The highest BCUT2D eigenvalue weighted by molar-refractivity contribution is 7.92. The Bertz CT molecular complexity index is 691. The molecule has 12 heteroatoms. The first-order valence-corrected chi connectivity index (χ1v) is 7.19. The van der Waals surface area contributed by atoms with Crippen molar-refractivity contribution in [3.8, 4) is 0 Å². The molecule has 1 aromatic rings. The fraction of sp³-hybridized carbons (Fsp3) is 0.222. The smallest absolute Gasteiger partial charge is 0.369 e.